The highest BCUT2D eigenvalue weighted by Gasteiger charge is 2.18. The van der Waals surface area contributed by atoms with Crippen molar-refractivity contribution in [3.05, 3.63) is 35.1 Å². The van der Waals surface area contributed by atoms with Gasteiger partial charge >= 0.3 is 5.97 Å². The quantitative estimate of drug-likeness (QED) is 0.720. The lowest BCUT2D eigenvalue weighted by Gasteiger charge is -2.19. The van der Waals surface area contributed by atoms with Gasteiger partial charge in [0, 0.05) is 0 Å². The second kappa shape index (κ2) is 4.64. The minimum absolute atomic E-state index is 0.191. The molecule has 0 radical (unpaired) electrons. The van der Waals surface area contributed by atoms with Crippen LogP contribution in [-0.4, -0.2) is 12.6 Å². The Balaban J connectivity index is 3.13. The van der Waals surface area contributed by atoms with Crippen LogP contribution in [-0.2, 0) is 10.2 Å². The first kappa shape index (κ1) is 12.7. The third-order valence-corrected chi connectivity index (χ3v) is 2.27. The molecule has 0 aromatic heterocycles. The monoisotopic (exact) mass is 224 g/mol. The molecule has 2 nitrogen and oxygen atoms in total. The van der Waals surface area contributed by atoms with E-state index < -0.39 is 11.8 Å². The smallest absolute Gasteiger partial charge is 0.338 e. The molecule has 3 heteroatoms. The van der Waals surface area contributed by atoms with E-state index in [1.165, 1.54) is 12.1 Å². The van der Waals surface area contributed by atoms with Gasteiger partial charge in [-0.3, -0.25) is 0 Å². The minimum atomic E-state index is -0.479. The van der Waals surface area contributed by atoms with Gasteiger partial charge in [-0.1, -0.05) is 20.8 Å². The lowest BCUT2D eigenvalue weighted by Crippen LogP contribution is -2.14. The van der Waals surface area contributed by atoms with Crippen molar-refractivity contribution in [2.24, 2.45) is 0 Å². The van der Waals surface area contributed by atoms with Crippen LogP contribution in [0.1, 0.15) is 43.6 Å². The van der Waals surface area contributed by atoms with Crippen LogP contribution < -0.4 is 0 Å². The molecule has 88 valence electrons. The number of rotatable bonds is 2. The molecule has 0 aliphatic rings. The number of hydrogen-bond acceptors (Lipinski definition) is 2. The molecule has 0 unspecified atom stereocenters. The first-order chi connectivity index (χ1) is 7.34. The SMILES string of the molecule is CCOC(=O)c1cc(F)cc(C(C)(C)C)c1. The fourth-order valence-corrected chi connectivity index (χ4v) is 1.35. The van der Waals surface area contributed by atoms with Crippen LogP contribution in [0.15, 0.2) is 18.2 Å². The van der Waals surface area contributed by atoms with E-state index in [9.17, 15) is 9.18 Å². The second-order valence-corrected chi connectivity index (χ2v) is 4.70. The van der Waals surface area contributed by atoms with Crippen molar-refractivity contribution in [3.8, 4) is 0 Å². The summed E-state index contributed by atoms with van der Waals surface area (Å²) in [7, 11) is 0. The van der Waals surface area contributed by atoms with E-state index in [0.29, 0.717) is 6.61 Å². The number of carbonyl (C=O) groups excluding carboxylic acids is 1. The molecule has 0 bridgehead atoms. The summed E-state index contributed by atoms with van der Waals surface area (Å²) < 4.78 is 18.2. The van der Waals surface area contributed by atoms with Crippen molar-refractivity contribution in [1.29, 1.82) is 0 Å². The van der Waals surface area contributed by atoms with Crippen LogP contribution >= 0.6 is 0 Å². The molecule has 0 aliphatic heterocycles. The molecule has 0 amide bonds. The normalized spacial score (nSPS) is 11.3. The maximum Gasteiger partial charge on any atom is 0.338 e. The third kappa shape index (κ3) is 3.05. The number of halogens is 1. The molecule has 0 atom stereocenters. The van der Waals surface area contributed by atoms with E-state index in [2.05, 4.69) is 0 Å². The Morgan fingerprint density at radius 2 is 1.94 bits per heavy atom. The molecular formula is C13H17FO2. The van der Waals surface area contributed by atoms with Gasteiger partial charge in [0.05, 0.1) is 12.2 Å². The molecule has 0 fully saturated rings. The largest absolute Gasteiger partial charge is 0.462 e. The van der Waals surface area contributed by atoms with E-state index in [1.807, 2.05) is 20.8 Å². The second-order valence-electron chi connectivity index (χ2n) is 4.70. The Morgan fingerprint density at radius 1 is 1.31 bits per heavy atom. The van der Waals surface area contributed by atoms with E-state index in [4.69, 9.17) is 4.74 Å². The number of esters is 1. The zero-order valence-electron chi connectivity index (χ0n) is 10.1. The summed E-state index contributed by atoms with van der Waals surface area (Å²) in [5.74, 6) is -0.886. The zero-order valence-corrected chi connectivity index (χ0v) is 10.1. The third-order valence-electron chi connectivity index (χ3n) is 2.27. The molecule has 1 rings (SSSR count). The van der Waals surface area contributed by atoms with Crippen LogP contribution in [0, 0.1) is 5.82 Å². The molecule has 0 saturated carbocycles. The van der Waals surface area contributed by atoms with Crippen LogP contribution in [0.25, 0.3) is 0 Å². The Labute approximate surface area is 95.4 Å². The standard InChI is InChI=1S/C13H17FO2/c1-5-16-12(15)9-6-10(13(2,3)4)8-11(14)7-9/h6-8H,5H2,1-4H3. The average Bonchev–Trinajstić information content (AvgIpc) is 2.16. The highest BCUT2D eigenvalue weighted by Crippen LogP contribution is 2.24. The molecule has 0 aliphatic carbocycles. The maximum absolute atomic E-state index is 13.4. The average molecular weight is 224 g/mol. The lowest BCUT2D eigenvalue weighted by atomic mass is 9.86. The van der Waals surface area contributed by atoms with Gasteiger partial charge in [-0.2, -0.15) is 0 Å². The summed E-state index contributed by atoms with van der Waals surface area (Å²) in [5.41, 5.74) is 0.867. The van der Waals surface area contributed by atoms with E-state index in [-0.39, 0.29) is 11.0 Å². The maximum atomic E-state index is 13.4. The fourth-order valence-electron chi connectivity index (χ4n) is 1.35. The number of ether oxygens (including phenoxy) is 1. The van der Waals surface area contributed by atoms with Crippen LogP contribution in [0.3, 0.4) is 0 Å². The number of carbonyl (C=O) groups is 1. The van der Waals surface area contributed by atoms with Crippen LogP contribution in [0.5, 0.6) is 0 Å². The van der Waals surface area contributed by atoms with Crippen molar-refractivity contribution in [2.45, 2.75) is 33.1 Å². The number of hydrogen-bond donors (Lipinski definition) is 0. The highest BCUT2D eigenvalue weighted by atomic mass is 19.1. The van der Waals surface area contributed by atoms with Crippen molar-refractivity contribution < 1.29 is 13.9 Å². The summed E-state index contributed by atoms with van der Waals surface area (Å²) in [6, 6.07) is 4.33. The minimum Gasteiger partial charge on any atom is -0.462 e. The Kier molecular flexibility index (Phi) is 3.68. The topological polar surface area (TPSA) is 26.3 Å². The van der Waals surface area contributed by atoms with E-state index in [1.54, 1.807) is 13.0 Å². The molecule has 0 spiro atoms. The molecule has 0 saturated heterocycles. The lowest BCUT2D eigenvalue weighted by molar-refractivity contribution is 0.0525. The fraction of sp³-hybridized carbons (Fsp3) is 0.462. The summed E-state index contributed by atoms with van der Waals surface area (Å²) >= 11 is 0. The highest BCUT2D eigenvalue weighted by molar-refractivity contribution is 5.89. The predicted molar refractivity (Wildman–Crippen MR) is 61.1 cm³/mol. The van der Waals surface area contributed by atoms with Gasteiger partial charge in [-0.15, -0.1) is 0 Å². The van der Waals surface area contributed by atoms with Gasteiger partial charge in [-0.05, 0) is 36.1 Å². The number of benzene rings is 1. The first-order valence-corrected chi connectivity index (χ1v) is 5.33. The molecule has 16 heavy (non-hydrogen) atoms. The zero-order chi connectivity index (χ0) is 12.3. The summed E-state index contributed by atoms with van der Waals surface area (Å²) in [6.07, 6.45) is 0. The van der Waals surface area contributed by atoms with Gasteiger partial charge in [0.15, 0.2) is 0 Å². The summed E-state index contributed by atoms with van der Waals surface area (Å²) in [5, 5.41) is 0. The van der Waals surface area contributed by atoms with E-state index >= 15 is 0 Å². The van der Waals surface area contributed by atoms with E-state index in [0.717, 1.165) is 5.56 Å². The predicted octanol–water partition coefficient (Wildman–Crippen LogP) is 3.30. The van der Waals surface area contributed by atoms with Crippen molar-refractivity contribution in [3.63, 3.8) is 0 Å². The molecular weight excluding hydrogens is 207 g/mol. The van der Waals surface area contributed by atoms with Gasteiger partial charge in [-0.25, -0.2) is 9.18 Å². The Morgan fingerprint density at radius 3 is 2.44 bits per heavy atom. The summed E-state index contributed by atoms with van der Waals surface area (Å²) in [6.45, 7) is 7.92. The van der Waals surface area contributed by atoms with Crippen molar-refractivity contribution in [1.82, 2.24) is 0 Å². The van der Waals surface area contributed by atoms with Crippen molar-refractivity contribution in [2.75, 3.05) is 6.61 Å². The van der Waals surface area contributed by atoms with Crippen LogP contribution in [0.4, 0.5) is 4.39 Å². The Hall–Kier alpha value is -1.38. The summed E-state index contributed by atoms with van der Waals surface area (Å²) in [4.78, 5) is 11.5. The molecule has 0 heterocycles. The molecule has 1 aromatic rings. The van der Waals surface area contributed by atoms with Gasteiger partial charge in [0.2, 0.25) is 0 Å². The van der Waals surface area contributed by atoms with Crippen molar-refractivity contribution >= 4 is 5.97 Å². The first-order valence-electron chi connectivity index (χ1n) is 5.33. The van der Waals surface area contributed by atoms with Crippen LogP contribution in [0.2, 0.25) is 0 Å². The van der Waals surface area contributed by atoms with Gasteiger partial charge < -0.3 is 4.74 Å². The van der Waals surface area contributed by atoms with Gasteiger partial charge in [0.1, 0.15) is 5.82 Å². The molecule has 1 aromatic carbocycles. The van der Waals surface area contributed by atoms with Gasteiger partial charge in [0.25, 0.3) is 0 Å². The Bertz CT molecular complexity index is 391. The molecule has 0 N–H and O–H groups in total.